The number of carbonyl (C=O) groups is 2. The smallest absolute Gasteiger partial charge is 0.313 e. The maximum Gasteiger partial charge on any atom is 0.332 e. The molecule has 0 fully saturated rings. The van der Waals surface area contributed by atoms with Gasteiger partial charge in [-0.2, -0.15) is 0 Å². The van der Waals surface area contributed by atoms with Gasteiger partial charge in [-0.05, 0) is 94.2 Å². The van der Waals surface area contributed by atoms with Crippen LogP contribution in [0.5, 0.6) is 0 Å². The molecule has 0 bridgehead atoms. The number of carbonyl (C=O) groups excluding carboxylic acids is 2. The van der Waals surface area contributed by atoms with Crippen LogP contribution in [0.4, 0.5) is 17.5 Å². The molecule has 0 radical (unpaired) electrons. The van der Waals surface area contributed by atoms with Crippen molar-refractivity contribution in [3.05, 3.63) is 159 Å². The van der Waals surface area contributed by atoms with Crippen molar-refractivity contribution in [3.63, 3.8) is 0 Å². The van der Waals surface area contributed by atoms with Gasteiger partial charge in [0.2, 0.25) is 11.8 Å². The van der Waals surface area contributed by atoms with Crippen molar-refractivity contribution in [1.29, 1.82) is 0 Å². The van der Waals surface area contributed by atoms with Gasteiger partial charge in [-0.3, -0.25) is 47.4 Å². The molecule has 7 aromatic rings. The third-order valence-corrected chi connectivity index (χ3v) is 10.4. The molecule has 8 heterocycles. The molecule has 0 aliphatic carbocycles. The summed E-state index contributed by atoms with van der Waals surface area (Å²) >= 11 is 11.7. The molecule has 7 aromatic heterocycles. The fourth-order valence-corrected chi connectivity index (χ4v) is 7.06. The maximum absolute atomic E-state index is 13.2. The van der Waals surface area contributed by atoms with E-state index in [1.807, 2.05) is 13.0 Å². The van der Waals surface area contributed by atoms with E-state index in [1.165, 1.54) is 18.3 Å². The summed E-state index contributed by atoms with van der Waals surface area (Å²) in [6.07, 6.45) is 3.74. The first-order chi connectivity index (χ1) is 30.1. The fourth-order valence-electron chi connectivity index (χ4n) is 6.31. The van der Waals surface area contributed by atoms with Crippen LogP contribution in [0.25, 0.3) is 11.2 Å². The number of amides is 2. The number of aryl methyl sites for hydroxylation is 2. The molecular formula is C41H40Br2ClN13O6. The zero-order valence-corrected chi connectivity index (χ0v) is 38.0. The summed E-state index contributed by atoms with van der Waals surface area (Å²) in [6.45, 7) is 3.57. The lowest BCUT2D eigenvalue weighted by molar-refractivity contribution is -0.117. The molecule has 326 valence electrons. The van der Waals surface area contributed by atoms with Crippen LogP contribution in [0.15, 0.2) is 119 Å². The first-order valence-electron chi connectivity index (χ1n) is 18.9. The van der Waals surface area contributed by atoms with Gasteiger partial charge in [-0.1, -0.05) is 24.3 Å². The lowest BCUT2D eigenvalue weighted by Gasteiger charge is -2.10. The van der Waals surface area contributed by atoms with Crippen molar-refractivity contribution < 1.29 is 11.0 Å². The lowest BCUT2D eigenvalue weighted by Crippen LogP contribution is -2.40. The Morgan fingerprint density at radius 1 is 0.698 bits per heavy atom. The summed E-state index contributed by atoms with van der Waals surface area (Å²) in [5, 5.41) is 5.22. The van der Waals surface area contributed by atoms with Gasteiger partial charge in [0.15, 0.2) is 11.2 Å². The Labute approximate surface area is 381 Å². The van der Waals surface area contributed by atoms with Crippen LogP contribution in [-0.2, 0) is 49.7 Å². The van der Waals surface area contributed by atoms with E-state index >= 15 is 0 Å². The van der Waals surface area contributed by atoms with Crippen molar-refractivity contribution in [1.82, 2.24) is 47.8 Å². The maximum atomic E-state index is 13.2. The van der Waals surface area contributed by atoms with Crippen LogP contribution in [0, 0.1) is 6.92 Å². The Morgan fingerprint density at radius 3 is 1.76 bits per heavy atom. The lowest BCUT2D eigenvalue weighted by atomic mass is 10.2. The van der Waals surface area contributed by atoms with Gasteiger partial charge >= 0.3 is 11.4 Å². The van der Waals surface area contributed by atoms with Gasteiger partial charge in [-0.15, -0.1) is 11.6 Å². The van der Waals surface area contributed by atoms with Crippen LogP contribution in [-0.4, -0.2) is 71.2 Å². The number of pyridine rings is 4. The second kappa shape index (κ2) is 20.4. The van der Waals surface area contributed by atoms with Crippen LogP contribution >= 0.6 is 43.5 Å². The minimum absolute atomic E-state index is 0. The summed E-state index contributed by atoms with van der Waals surface area (Å²) in [4.78, 5) is 99.3. The summed E-state index contributed by atoms with van der Waals surface area (Å²) in [7, 11) is 3.18. The Bertz CT molecular complexity index is 3120. The number of anilines is 2. The third-order valence-electron chi connectivity index (χ3n) is 9.24. The standard InChI is InChI=1S/C20H18BrN7O3.C14H14N4O2.C7H6BrClN2O.H2/c1-12-23-18-17(27(12)11-16(29)25-15-8-5-7-14(21)24-15)19(30)28(20(31)26(18)2)10-13-6-3-4-9-22-13;1-9-7-11-12(16-9)17(2)14(20)18(13(11)19)8-10-5-3-4-6-15-10;8-5-2-1-3-6(10-5)11-7(12)4-9;/h3-9H,10-11H2,1-2H3,(H,24,25,29);3-6H,7-8H2,1-2H3;1-3H,4H2,(H,10,11,12);1H. The molecule has 1 aliphatic rings. The number of fused-ring (bicyclic) bond motifs is 2. The van der Waals surface area contributed by atoms with E-state index in [1.54, 1.807) is 100 Å². The minimum Gasteiger partial charge on any atom is -0.313 e. The van der Waals surface area contributed by atoms with Gasteiger partial charge in [0.25, 0.3) is 11.1 Å². The normalized spacial score (nSPS) is 11.4. The second-order valence-electron chi connectivity index (χ2n) is 13.8. The largest absolute Gasteiger partial charge is 0.332 e. The highest BCUT2D eigenvalue weighted by molar-refractivity contribution is 9.10. The molecule has 19 nitrogen and oxygen atoms in total. The van der Waals surface area contributed by atoms with E-state index in [4.69, 9.17) is 11.6 Å². The minimum atomic E-state index is -0.530. The van der Waals surface area contributed by atoms with Gasteiger partial charge in [0.05, 0.1) is 30.0 Å². The predicted octanol–water partition coefficient (Wildman–Crippen LogP) is 4.35. The Kier molecular flexibility index (Phi) is 14.9. The van der Waals surface area contributed by atoms with Crippen molar-refractivity contribution in [2.24, 2.45) is 19.1 Å². The quantitative estimate of drug-likeness (QED) is 0.153. The molecule has 63 heavy (non-hydrogen) atoms. The Morgan fingerprint density at radius 2 is 1.24 bits per heavy atom. The molecule has 22 heteroatoms. The van der Waals surface area contributed by atoms with Crippen LogP contribution in [0.1, 0.15) is 31.1 Å². The topological polar surface area (TPSA) is 228 Å². The number of halogens is 3. The zero-order valence-electron chi connectivity index (χ0n) is 34.1. The van der Waals surface area contributed by atoms with Gasteiger partial charge < -0.3 is 15.2 Å². The number of hydrogen-bond acceptors (Lipinski definition) is 12. The number of alkyl halides is 1. The monoisotopic (exact) mass is 1000 g/mol. The van der Waals surface area contributed by atoms with Gasteiger partial charge in [0, 0.05) is 40.0 Å². The van der Waals surface area contributed by atoms with E-state index in [2.05, 4.69) is 72.4 Å². The first-order valence-corrected chi connectivity index (χ1v) is 21.0. The number of aromatic nitrogens is 10. The van der Waals surface area contributed by atoms with E-state index in [0.29, 0.717) is 55.9 Å². The van der Waals surface area contributed by atoms with Crippen molar-refractivity contribution in [2.75, 3.05) is 16.5 Å². The summed E-state index contributed by atoms with van der Waals surface area (Å²) in [5.74, 6) is 1.09. The Hall–Kier alpha value is -6.71. The molecule has 0 aromatic carbocycles. The number of imidazole rings is 1. The van der Waals surface area contributed by atoms with E-state index in [-0.39, 0.29) is 61.2 Å². The van der Waals surface area contributed by atoms with Crippen molar-refractivity contribution >= 4 is 89.6 Å². The molecule has 0 saturated heterocycles. The molecular weight excluding hydrogens is 966 g/mol. The Balaban J connectivity index is 0.000000200. The molecule has 0 unspecified atom stereocenters. The average Bonchev–Trinajstić information content (AvgIpc) is 3.82. The van der Waals surface area contributed by atoms with Crippen LogP contribution in [0.2, 0.25) is 0 Å². The fraction of sp³-hybridized carbons (Fsp3) is 0.220. The highest BCUT2D eigenvalue weighted by atomic mass is 79.9. The van der Waals surface area contributed by atoms with E-state index in [9.17, 15) is 28.8 Å². The zero-order chi connectivity index (χ0) is 45.4. The van der Waals surface area contributed by atoms with Gasteiger partial charge in [0.1, 0.15) is 44.9 Å². The molecule has 0 spiro atoms. The number of nitrogens with zero attached hydrogens (tertiary/aromatic N) is 11. The summed E-state index contributed by atoms with van der Waals surface area (Å²) in [6, 6.07) is 21.1. The van der Waals surface area contributed by atoms with E-state index < -0.39 is 11.2 Å². The highest BCUT2D eigenvalue weighted by Crippen LogP contribution is 2.21. The average molecular weight is 1010 g/mol. The van der Waals surface area contributed by atoms with Crippen molar-refractivity contribution in [2.45, 2.75) is 39.9 Å². The van der Waals surface area contributed by atoms with Crippen molar-refractivity contribution in [3.8, 4) is 0 Å². The SMILES string of the molecule is CC1=Nc2c(c(=O)n(Cc3ccccn3)c(=O)n2C)C1.Cc1nc2c(c(=O)n(Cc3ccccn3)c(=O)n2C)n1CC(=O)Nc1cccc(Br)n1.O=C(CCl)Nc1cccc(Br)n1.[HH]. The molecule has 0 saturated carbocycles. The number of hydrogen-bond donors (Lipinski definition) is 2. The van der Waals surface area contributed by atoms with Crippen LogP contribution in [0.3, 0.4) is 0 Å². The number of rotatable bonds is 9. The highest BCUT2D eigenvalue weighted by Gasteiger charge is 2.23. The number of aliphatic imine (C=N–C) groups is 1. The molecule has 2 amide bonds. The van der Waals surface area contributed by atoms with E-state index in [0.717, 1.165) is 10.3 Å². The summed E-state index contributed by atoms with van der Waals surface area (Å²) in [5.41, 5.74) is 1.42. The summed E-state index contributed by atoms with van der Waals surface area (Å²) < 4.78 is 7.80. The third kappa shape index (κ3) is 11.0. The number of nitrogens with one attached hydrogen (secondary N) is 2. The predicted molar refractivity (Wildman–Crippen MR) is 247 cm³/mol. The van der Waals surface area contributed by atoms with Crippen LogP contribution < -0.4 is 33.1 Å². The van der Waals surface area contributed by atoms with Gasteiger partial charge in [-0.25, -0.2) is 29.5 Å². The molecule has 2 N–H and O–H groups in total. The second-order valence-corrected chi connectivity index (χ2v) is 15.7. The first kappa shape index (κ1) is 45.8. The molecule has 8 rings (SSSR count). The molecule has 1 aliphatic heterocycles. The molecule has 0 atom stereocenters.